The average Bonchev–Trinajstić information content (AvgIpc) is 2.89. The zero-order valence-electron chi connectivity index (χ0n) is 10.1. The Kier molecular flexibility index (Phi) is 3.88. The van der Waals surface area contributed by atoms with Crippen molar-refractivity contribution in [1.29, 1.82) is 0 Å². The lowest BCUT2D eigenvalue weighted by Crippen LogP contribution is -2.38. The predicted molar refractivity (Wildman–Crippen MR) is 63.7 cm³/mol. The predicted octanol–water partition coefficient (Wildman–Crippen LogP) is -1.29. The lowest BCUT2D eigenvalue weighted by Gasteiger charge is -2.10. The summed E-state index contributed by atoms with van der Waals surface area (Å²) in [6.45, 7) is 3.23. The second-order valence-electron chi connectivity index (χ2n) is 4.24. The number of aromatic nitrogens is 3. The van der Waals surface area contributed by atoms with Crippen LogP contribution in [-0.4, -0.2) is 45.9 Å². The highest BCUT2D eigenvalue weighted by Crippen LogP contribution is 2.00. The lowest BCUT2D eigenvalue weighted by atomic mass is 10.2. The molecular weight excluding hydrogens is 236 g/mol. The standard InChI is InChI=1S/C10H16N6O2/c1-7(17)12-9-5-16(15-14-9)6-10(18)13-8-2-3-11-4-8/h5,8,11H,2-4,6H2,1H3,(H,12,17)(H,13,18). The molecule has 0 radical (unpaired) electrons. The summed E-state index contributed by atoms with van der Waals surface area (Å²) in [7, 11) is 0. The van der Waals surface area contributed by atoms with Crippen LogP contribution in [0.3, 0.4) is 0 Å². The van der Waals surface area contributed by atoms with Gasteiger partial charge in [0.15, 0.2) is 5.82 Å². The van der Waals surface area contributed by atoms with Crippen LogP contribution in [0.5, 0.6) is 0 Å². The van der Waals surface area contributed by atoms with Crippen molar-refractivity contribution in [2.45, 2.75) is 25.9 Å². The van der Waals surface area contributed by atoms with Crippen LogP contribution in [0.25, 0.3) is 0 Å². The van der Waals surface area contributed by atoms with Gasteiger partial charge in [0.2, 0.25) is 11.8 Å². The van der Waals surface area contributed by atoms with Crippen molar-refractivity contribution < 1.29 is 9.59 Å². The maximum atomic E-state index is 11.7. The van der Waals surface area contributed by atoms with Crippen molar-refractivity contribution >= 4 is 17.6 Å². The second kappa shape index (κ2) is 5.58. The van der Waals surface area contributed by atoms with Gasteiger partial charge in [0.25, 0.3) is 0 Å². The molecular formula is C10H16N6O2. The number of carbonyl (C=O) groups excluding carboxylic acids is 2. The molecule has 0 aromatic carbocycles. The molecule has 1 fully saturated rings. The molecule has 0 aliphatic carbocycles. The number of amides is 2. The topological polar surface area (TPSA) is 101 Å². The van der Waals surface area contributed by atoms with E-state index in [9.17, 15) is 9.59 Å². The molecule has 0 saturated carbocycles. The largest absolute Gasteiger partial charge is 0.350 e. The summed E-state index contributed by atoms with van der Waals surface area (Å²) in [6, 6.07) is 0.191. The van der Waals surface area contributed by atoms with Gasteiger partial charge in [-0.3, -0.25) is 9.59 Å². The van der Waals surface area contributed by atoms with Gasteiger partial charge in [-0.15, -0.1) is 5.10 Å². The fourth-order valence-electron chi connectivity index (χ4n) is 1.81. The molecule has 2 heterocycles. The molecule has 1 saturated heterocycles. The molecule has 1 aromatic heterocycles. The van der Waals surface area contributed by atoms with E-state index in [1.165, 1.54) is 17.8 Å². The molecule has 18 heavy (non-hydrogen) atoms. The maximum Gasteiger partial charge on any atom is 0.242 e. The van der Waals surface area contributed by atoms with Crippen LogP contribution < -0.4 is 16.0 Å². The Hall–Kier alpha value is -1.96. The van der Waals surface area contributed by atoms with Crippen molar-refractivity contribution in [2.24, 2.45) is 0 Å². The third-order valence-electron chi connectivity index (χ3n) is 2.57. The van der Waals surface area contributed by atoms with E-state index in [-0.39, 0.29) is 24.4 Å². The Morgan fingerprint density at radius 3 is 3.11 bits per heavy atom. The Labute approximate surface area is 104 Å². The molecule has 1 aromatic rings. The second-order valence-corrected chi connectivity index (χ2v) is 4.24. The van der Waals surface area contributed by atoms with Gasteiger partial charge in [-0.2, -0.15) is 0 Å². The van der Waals surface area contributed by atoms with Crippen LogP contribution in [0.4, 0.5) is 5.82 Å². The Morgan fingerprint density at radius 1 is 1.61 bits per heavy atom. The molecule has 8 nitrogen and oxygen atoms in total. The van der Waals surface area contributed by atoms with Crippen molar-refractivity contribution in [1.82, 2.24) is 25.6 Å². The summed E-state index contributed by atoms with van der Waals surface area (Å²) in [5.41, 5.74) is 0. The van der Waals surface area contributed by atoms with E-state index in [4.69, 9.17) is 0 Å². The van der Waals surface area contributed by atoms with Crippen molar-refractivity contribution in [3.8, 4) is 0 Å². The Balaban J connectivity index is 1.82. The summed E-state index contributed by atoms with van der Waals surface area (Å²) < 4.78 is 1.39. The number of hydrogen-bond acceptors (Lipinski definition) is 5. The van der Waals surface area contributed by atoms with Gasteiger partial charge >= 0.3 is 0 Å². The normalized spacial score (nSPS) is 18.6. The van der Waals surface area contributed by atoms with Crippen molar-refractivity contribution in [2.75, 3.05) is 18.4 Å². The SMILES string of the molecule is CC(=O)Nc1cn(CC(=O)NC2CCNC2)nn1. The van der Waals surface area contributed by atoms with Crippen LogP contribution >= 0.6 is 0 Å². The van der Waals surface area contributed by atoms with Crippen molar-refractivity contribution in [3.63, 3.8) is 0 Å². The third kappa shape index (κ3) is 3.52. The third-order valence-corrected chi connectivity index (χ3v) is 2.57. The van der Waals surface area contributed by atoms with Crippen molar-refractivity contribution in [3.05, 3.63) is 6.20 Å². The van der Waals surface area contributed by atoms with Crippen LogP contribution in [0.15, 0.2) is 6.20 Å². The molecule has 3 N–H and O–H groups in total. The first-order valence-corrected chi connectivity index (χ1v) is 5.81. The highest BCUT2D eigenvalue weighted by atomic mass is 16.2. The first-order chi connectivity index (χ1) is 8.63. The van der Waals surface area contributed by atoms with Gasteiger partial charge in [0, 0.05) is 19.5 Å². The van der Waals surface area contributed by atoms with E-state index in [2.05, 4.69) is 26.3 Å². The summed E-state index contributed by atoms with van der Waals surface area (Å²) in [5.74, 6) is 0.0179. The number of nitrogens with zero attached hydrogens (tertiary/aromatic N) is 3. The number of anilines is 1. The van der Waals surface area contributed by atoms with E-state index >= 15 is 0 Å². The quantitative estimate of drug-likeness (QED) is 0.619. The van der Waals surface area contributed by atoms with Gasteiger partial charge in [0.1, 0.15) is 6.54 Å². The molecule has 1 unspecified atom stereocenters. The summed E-state index contributed by atoms with van der Waals surface area (Å²) in [4.78, 5) is 22.5. The van der Waals surface area contributed by atoms with Crippen LogP contribution in [-0.2, 0) is 16.1 Å². The smallest absolute Gasteiger partial charge is 0.242 e. The fourth-order valence-corrected chi connectivity index (χ4v) is 1.81. The summed E-state index contributed by atoms with van der Waals surface area (Å²) >= 11 is 0. The zero-order chi connectivity index (χ0) is 13.0. The monoisotopic (exact) mass is 252 g/mol. The molecule has 98 valence electrons. The summed E-state index contributed by atoms with van der Waals surface area (Å²) in [5, 5.41) is 16.1. The van der Waals surface area contributed by atoms with E-state index in [0.717, 1.165) is 19.5 Å². The molecule has 1 aliphatic rings. The van der Waals surface area contributed by atoms with Gasteiger partial charge in [0.05, 0.1) is 6.20 Å². The molecule has 0 bridgehead atoms. The highest BCUT2D eigenvalue weighted by molar-refractivity contribution is 5.87. The first kappa shape index (κ1) is 12.5. The van der Waals surface area contributed by atoms with Gasteiger partial charge < -0.3 is 16.0 Å². The lowest BCUT2D eigenvalue weighted by molar-refractivity contribution is -0.122. The number of nitrogens with one attached hydrogen (secondary N) is 3. The van der Waals surface area contributed by atoms with E-state index in [1.54, 1.807) is 0 Å². The minimum atomic E-state index is -0.219. The van der Waals surface area contributed by atoms with E-state index in [0.29, 0.717) is 5.82 Å². The molecule has 2 amide bonds. The highest BCUT2D eigenvalue weighted by Gasteiger charge is 2.17. The van der Waals surface area contributed by atoms with E-state index < -0.39 is 0 Å². The van der Waals surface area contributed by atoms with Crippen LogP contribution in [0.1, 0.15) is 13.3 Å². The van der Waals surface area contributed by atoms with Gasteiger partial charge in [-0.05, 0) is 13.0 Å². The molecule has 8 heteroatoms. The molecule has 1 aliphatic heterocycles. The average molecular weight is 252 g/mol. The zero-order valence-corrected chi connectivity index (χ0v) is 10.1. The Morgan fingerprint density at radius 2 is 2.44 bits per heavy atom. The Bertz CT molecular complexity index is 437. The molecule has 0 spiro atoms. The number of hydrogen-bond donors (Lipinski definition) is 3. The molecule has 1 atom stereocenters. The van der Waals surface area contributed by atoms with Gasteiger partial charge in [-0.1, -0.05) is 5.21 Å². The number of rotatable bonds is 4. The summed E-state index contributed by atoms with van der Waals surface area (Å²) in [6.07, 6.45) is 2.47. The maximum absolute atomic E-state index is 11.7. The van der Waals surface area contributed by atoms with Gasteiger partial charge in [-0.25, -0.2) is 4.68 Å². The van der Waals surface area contributed by atoms with E-state index in [1.807, 2.05) is 0 Å². The van der Waals surface area contributed by atoms with Crippen LogP contribution in [0.2, 0.25) is 0 Å². The first-order valence-electron chi connectivity index (χ1n) is 5.81. The fraction of sp³-hybridized carbons (Fsp3) is 0.600. The minimum Gasteiger partial charge on any atom is -0.350 e. The molecule has 2 rings (SSSR count). The number of carbonyl (C=O) groups is 2. The minimum absolute atomic E-state index is 0.100. The van der Waals surface area contributed by atoms with Crippen LogP contribution in [0, 0.1) is 0 Å².